The first-order chi connectivity index (χ1) is 8.57. The Balaban J connectivity index is 1.98. The van der Waals surface area contributed by atoms with Gasteiger partial charge in [-0.05, 0) is 46.9 Å². The predicted octanol–water partition coefficient (Wildman–Crippen LogP) is 2.38. The number of anilines is 1. The van der Waals surface area contributed by atoms with Gasteiger partial charge in [-0.2, -0.15) is 0 Å². The van der Waals surface area contributed by atoms with Crippen molar-refractivity contribution in [2.75, 3.05) is 5.73 Å². The van der Waals surface area contributed by atoms with Crippen molar-refractivity contribution in [2.45, 2.75) is 26.3 Å². The first-order valence-electron chi connectivity index (χ1n) is 5.89. The molecule has 1 saturated carbocycles. The molecule has 0 spiro atoms. The lowest BCUT2D eigenvalue weighted by Crippen LogP contribution is -2.11. The Morgan fingerprint density at radius 3 is 2.89 bits per heavy atom. The quantitative estimate of drug-likeness (QED) is 0.863. The summed E-state index contributed by atoms with van der Waals surface area (Å²) in [7, 11) is 0. The first kappa shape index (κ1) is 11.5. The van der Waals surface area contributed by atoms with Crippen LogP contribution in [0.25, 0.3) is 11.4 Å². The molecular weight excluding hydrogens is 250 g/mol. The third kappa shape index (κ3) is 2.06. The molecule has 2 N–H and O–H groups in total. The molecule has 1 aliphatic carbocycles. The zero-order valence-corrected chi connectivity index (χ0v) is 10.9. The zero-order chi connectivity index (χ0) is 12.8. The minimum Gasteiger partial charge on any atom is -0.398 e. The molecule has 0 atom stereocenters. The number of nitrogens with two attached hydrogens (primary N) is 1. The Labute approximate surface area is 110 Å². The van der Waals surface area contributed by atoms with E-state index in [-0.39, 0.29) is 0 Å². The smallest absolute Gasteiger partial charge is 0.184 e. The third-order valence-corrected chi connectivity index (χ3v) is 3.66. The van der Waals surface area contributed by atoms with Gasteiger partial charge < -0.3 is 5.73 Å². The van der Waals surface area contributed by atoms with Gasteiger partial charge in [-0.25, -0.2) is 4.68 Å². The van der Waals surface area contributed by atoms with Crippen LogP contribution in [-0.2, 0) is 6.54 Å². The van der Waals surface area contributed by atoms with Crippen molar-refractivity contribution in [2.24, 2.45) is 5.41 Å². The van der Waals surface area contributed by atoms with Crippen molar-refractivity contribution in [1.82, 2.24) is 20.2 Å². The van der Waals surface area contributed by atoms with Gasteiger partial charge in [0.15, 0.2) is 5.82 Å². The Hall–Kier alpha value is -1.62. The fourth-order valence-corrected chi connectivity index (χ4v) is 2.15. The average Bonchev–Trinajstić information content (AvgIpc) is 2.86. The lowest BCUT2D eigenvalue weighted by molar-refractivity contribution is 0.427. The van der Waals surface area contributed by atoms with Gasteiger partial charge in [-0.1, -0.05) is 18.5 Å². The molecule has 94 valence electrons. The van der Waals surface area contributed by atoms with Crippen LogP contribution in [-0.4, -0.2) is 20.2 Å². The van der Waals surface area contributed by atoms with Crippen molar-refractivity contribution < 1.29 is 0 Å². The number of tetrazole rings is 1. The summed E-state index contributed by atoms with van der Waals surface area (Å²) in [5, 5.41) is 12.5. The minimum absolute atomic E-state index is 0.339. The van der Waals surface area contributed by atoms with Gasteiger partial charge in [0.25, 0.3) is 0 Å². The van der Waals surface area contributed by atoms with Crippen LogP contribution in [0.5, 0.6) is 0 Å². The topological polar surface area (TPSA) is 69.6 Å². The maximum absolute atomic E-state index is 5.97. The van der Waals surface area contributed by atoms with E-state index in [2.05, 4.69) is 22.4 Å². The van der Waals surface area contributed by atoms with Crippen molar-refractivity contribution in [3.05, 3.63) is 23.2 Å². The number of halogens is 1. The summed E-state index contributed by atoms with van der Waals surface area (Å²) in [6, 6.07) is 5.37. The molecule has 5 nitrogen and oxygen atoms in total. The van der Waals surface area contributed by atoms with E-state index >= 15 is 0 Å². The molecule has 0 aliphatic heterocycles. The molecule has 1 heterocycles. The monoisotopic (exact) mass is 263 g/mol. The van der Waals surface area contributed by atoms with E-state index in [0.29, 0.717) is 21.9 Å². The molecule has 1 fully saturated rings. The van der Waals surface area contributed by atoms with Gasteiger partial charge in [0.1, 0.15) is 0 Å². The number of hydrogen-bond donors (Lipinski definition) is 1. The van der Waals surface area contributed by atoms with E-state index in [9.17, 15) is 0 Å². The molecule has 1 aromatic carbocycles. The van der Waals surface area contributed by atoms with Gasteiger partial charge >= 0.3 is 0 Å². The van der Waals surface area contributed by atoms with Crippen LogP contribution in [0.4, 0.5) is 5.69 Å². The summed E-state index contributed by atoms with van der Waals surface area (Å²) in [6.45, 7) is 3.07. The SMILES string of the molecule is CC1(Cn2nnnc2-c2ccc(Cl)cc2N)CC1. The number of rotatable bonds is 3. The highest BCUT2D eigenvalue weighted by atomic mass is 35.5. The van der Waals surface area contributed by atoms with Crippen LogP contribution in [0, 0.1) is 5.41 Å². The molecule has 2 aromatic rings. The maximum Gasteiger partial charge on any atom is 0.184 e. The normalized spacial score (nSPS) is 16.8. The lowest BCUT2D eigenvalue weighted by Gasteiger charge is -2.10. The molecule has 0 amide bonds. The fraction of sp³-hybridized carbons (Fsp3) is 0.417. The first-order valence-corrected chi connectivity index (χ1v) is 6.27. The number of hydrogen-bond acceptors (Lipinski definition) is 4. The van der Waals surface area contributed by atoms with E-state index in [1.807, 2.05) is 10.7 Å². The van der Waals surface area contributed by atoms with E-state index in [1.165, 1.54) is 12.8 Å². The zero-order valence-electron chi connectivity index (χ0n) is 10.1. The molecule has 0 bridgehead atoms. The van der Waals surface area contributed by atoms with Crippen LogP contribution < -0.4 is 5.73 Å². The summed E-state index contributed by atoms with van der Waals surface area (Å²) in [5.41, 5.74) is 7.73. The van der Waals surface area contributed by atoms with Gasteiger partial charge in [0.05, 0.1) is 6.54 Å². The molecule has 3 rings (SSSR count). The van der Waals surface area contributed by atoms with E-state index in [4.69, 9.17) is 17.3 Å². The minimum atomic E-state index is 0.339. The highest BCUT2D eigenvalue weighted by molar-refractivity contribution is 6.31. The third-order valence-electron chi connectivity index (χ3n) is 3.42. The van der Waals surface area contributed by atoms with Crippen molar-refractivity contribution in [3.8, 4) is 11.4 Å². The summed E-state index contributed by atoms with van der Waals surface area (Å²) in [4.78, 5) is 0. The van der Waals surface area contributed by atoms with Crippen molar-refractivity contribution >= 4 is 17.3 Å². The Morgan fingerprint density at radius 2 is 2.22 bits per heavy atom. The van der Waals surface area contributed by atoms with Crippen LogP contribution in [0.2, 0.25) is 5.02 Å². The van der Waals surface area contributed by atoms with Crippen LogP contribution >= 0.6 is 11.6 Å². The molecule has 6 heteroatoms. The standard InChI is InChI=1S/C12H14ClN5/c1-12(4-5-12)7-18-11(15-16-17-18)9-3-2-8(13)6-10(9)14/h2-3,6H,4-5,7,14H2,1H3. The molecule has 0 radical (unpaired) electrons. The van der Waals surface area contributed by atoms with E-state index in [1.54, 1.807) is 12.1 Å². The molecule has 1 aromatic heterocycles. The lowest BCUT2D eigenvalue weighted by atomic mass is 10.1. The van der Waals surface area contributed by atoms with Crippen molar-refractivity contribution in [3.63, 3.8) is 0 Å². The summed E-state index contributed by atoms with van der Waals surface area (Å²) >= 11 is 5.90. The average molecular weight is 264 g/mol. The number of aromatic nitrogens is 4. The Bertz CT molecular complexity index is 588. The maximum atomic E-state index is 5.97. The molecule has 18 heavy (non-hydrogen) atoms. The second kappa shape index (κ2) is 3.95. The summed E-state index contributed by atoms with van der Waals surface area (Å²) < 4.78 is 1.83. The van der Waals surface area contributed by atoms with Crippen LogP contribution in [0.1, 0.15) is 19.8 Å². The van der Waals surface area contributed by atoms with E-state index in [0.717, 1.165) is 12.1 Å². The highest BCUT2D eigenvalue weighted by Crippen LogP contribution is 2.46. The van der Waals surface area contributed by atoms with Crippen LogP contribution in [0.3, 0.4) is 0 Å². The second-order valence-corrected chi connectivity index (χ2v) is 5.64. The van der Waals surface area contributed by atoms with Gasteiger partial charge in [-0.15, -0.1) is 5.10 Å². The van der Waals surface area contributed by atoms with Gasteiger partial charge in [0, 0.05) is 16.3 Å². The summed E-state index contributed by atoms with van der Waals surface area (Å²) in [6.07, 6.45) is 2.45. The number of nitrogens with zero attached hydrogens (tertiary/aromatic N) is 4. The highest BCUT2D eigenvalue weighted by Gasteiger charge is 2.38. The summed E-state index contributed by atoms with van der Waals surface area (Å²) in [5.74, 6) is 0.706. The Morgan fingerprint density at radius 1 is 1.44 bits per heavy atom. The molecule has 0 unspecified atom stereocenters. The number of benzene rings is 1. The largest absolute Gasteiger partial charge is 0.398 e. The molecule has 0 saturated heterocycles. The number of nitrogen functional groups attached to an aromatic ring is 1. The van der Waals surface area contributed by atoms with Crippen molar-refractivity contribution in [1.29, 1.82) is 0 Å². The van der Waals surface area contributed by atoms with Gasteiger partial charge in [0.2, 0.25) is 0 Å². The second-order valence-electron chi connectivity index (χ2n) is 5.20. The van der Waals surface area contributed by atoms with Gasteiger partial charge in [-0.3, -0.25) is 0 Å². The van der Waals surface area contributed by atoms with Crippen LogP contribution in [0.15, 0.2) is 18.2 Å². The fourth-order valence-electron chi connectivity index (χ4n) is 1.97. The molecule has 1 aliphatic rings. The predicted molar refractivity (Wildman–Crippen MR) is 70.0 cm³/mol. The molecular formula is C12H14ClN5. The van der Waals surface area contributed by atoms with E-state index < -0.39 is 0 Å². The Kier molecular flexibility index (Phi) is 2.52.